The maximum atomic E-state index is 9.98. The van der Waals surface area contributed by atoms with Crippen LogP contribution in [0, 0.1) is 11.3 Å². The molecule has 9 nitrogen and oxygen atoms in total. The van der Waals surface area contributed by atoms with Gasteiger partial charge in [0.1, 0.15) is 34.6 Å². The monoisotopic (exact) mass is 434 g/mol. The minimum absolute atomic E-state index is 0.0227. The van der Waals surface area contributed by atoms with Gasteiger partial charge in [0.25, 0.3) is 0 Å². The van der Waals surface area contributed by atoms with E-state index >= 15 is 0 Å². The van der Waals surface area contributed by atoms with E-state index in [1.165, 1.54) is 0 Å². The fraction of sp³-hybridized carbons (Fsp3) is 0.217. The van der Waals surface area contributed by atoms with E-state index in [1.54, 1.807) is 52.7 Å². The van der Waals surface area contributed by atoms with Gasteiger partial charge in [-0.05, 0) is 36.4 Å². The van der Waals surface area contributed by atoms with Crippen molar-refractivity contribution >= 4 is 0 Å². The summed E-state index contributed by atoms with van der Waals surface area (Å²) in [5.41, 5.74) is 8.93. The molecule has 2 aromatic carbocycles. The molecule has 4 rings (SSSR count). The highest BCUT2D eigenvalue weighted by Gasteiger charge is 2.38. The van der Waals surface area contributed by atoms with Crippen LogP contribution < -0.4 is 29.4 Å². The van der Waals surface area contributed by atoms with Crippen LogP contribution in [0.15, 0.2) is 47.9 Å². The van der Waals surface area contributed by atoms with Crippen LogP contribution in [0.5, 0.6) is 28.9 Å². The predicted octanol–water partition coefficient (Wildman–Crippen LogP) is 3.33. The Balaban J connectivity index is 2.02. The minimum Gasteiger partial charge on any atom is -0.497 e. The molecule has 0 bridgehead atoms. The molecule has 0 saturated carbocycles. The van der Waals surface area contributed by atoms with E-state index in [1.807, 2.05) is 12.1 Å². The summed E-state index contributed by atoms with van der Waals surface area (Å²) < 4.78 is 27.7. The number of hydrogen-bond acceptors (Lipinski definition) is 8. The first kappa shape index (κ1) is 20.9. The second-order valence-electron chi connectivity index (χ2n) is 6.92. The van der Waals surface area contributed by atoms with Gasteiger partial charge >= 0.3 is 0 Å². The molecule has 164 valence electrons. The second kappa shape index (κ2) is 8.43. The van der Waals surface area contributed by atoms with Crippen molar-refractivity contribution in [2.75, 3.05) is 28.4 Å². The SMILES string of the molecule is COc1ccc(OC)c(-c2[nH]nc3c2[C@@H](c2cc(OC)ccc2OC)C(C#N)=C(N)O3)c1. The molecule has 1 aromatic heterocycles. The largest absolute Gasteiger partial charge is 0.497 e. The lowest BCUT2D eigenvalue weighted by Gasteiger charge is -2.26. The Morgan fingerprint density at radius 1 is 0.969 bits per heavy atom. The molecule has 0 radical (unpaired) electrons. The van der Waals surface area contributed by atoms with Gasteiger partial charge in [-0.25, -0.2) is 0 Å². The van der Waals surface area contributed by atoms with Crippen LogP contribution in [0.4, 0.5) is 0 Å². The van der Waals surface area contributed by atoms with Crippen molar-refractivity contribution in [2.24, 2.45) is 5.73 Å². The maximum Gasteiger partial charge on any atom is 0.244 e. The van der Waals surface area contributed by atoms with E-state index in [9.17, 15) is 5.26 Å². The predicted molar refractivity (Wildman–Crippen MR) is 116 cm³/mol. The highest BCUT2D eigenvalue weighted by atomic mass is 16.5. The molecule has 3 N–H and O–H groups in total. The molecule has 0 unspecified atom stereocenters. The molecular weight excluding hydrogens is 412 g/mol. The number of fused-ring (bicyclic) bond motifs is 1. The summed E-state index contributed by atoms with van der Waals surface area (Å²) in [5, 5.41) is 17.3. The molecule has 32 heavy (non-hydrogen) atoms. The zero-order chi connectivity index (χ0) is 22.8. The van der Waals surface area contributed by atoms with Crippen molar-refractivity contribution in [1.82, 2.24) is 10.2 Å². The highest BCUT2D eigenvalue weighted by molar-refractivity contribution is 5.77. The Hall–Kier alpha value is -4.32. The van der Waals surface area contributed by atoms with Crippen LogP contribution in [0.3, 0.4) is 0 Å². The first-order chi connectivity index (χ1) is 15.6. The van der Waals surface area contributed by atoms with Crippen molar-refractivity contribution in [3.8, 4) is 46.2 Å². The quantitative estimate of drug-likeness (QED) is 0.605. The van der Waals surface area contributed by atoms with Crippen molar-refractivity contribution in [3.63, 3.8) is 0 Å². The molecule has 0 aliphatic carbocycles. The van der Waals surface area contributed by atoms with Gasteiger partial charge in [-0.1, -0.05) is 0 Å². The van der Waals surface area contributed by atoms with Crippen LogP contribution in [0.2, 0.25) is 0 Å². The second-order valence-corrected chi connectivity index (χ2v) is 6.92. The number of H-pyrrole nitrogens is 1. The van der Waals surface area contributed by atoms with Crippen LogP contribution in [-0.2, 0) is 0 Å². The van der Waals surface area contributed by atoms with Gasteiger partial charge in [0.05, 0.1) is 45.6 Å². The molecule has 2 heterocycles. The van der Waals surface area contributed by atoms with E-state index in [0.29, 0.717) is 45.4 Å². The zero-order valence-electron chi connectivity index (χ0n) is 18.1. The fourth-order valence-electron chi connectivity index (χ4n) is 3.84. The van der Waals surface area contributed by atoms with E-state index in [0.717, 1.165) is 0 Å². The van der Waals surface area contributed by atoms with Gasteiger partial charge in [0.15, 0.2) is 0 Å². The number of nitrogens with two attached hydrogens (primary N) is 1. The summed E-state index contributed by atoms with van der Waals surface area (Å²) in [7, 11) is 6.29. The number of hydrogen-bond donors (Lipinski definition) is 2. The number of nitrogens with zero attached hydrogens (tertiary/aromatic N) is 2. The van der Waals surface area contributed by atoms with E-state index in [2.05, 4.69) is 16.3 Å². The molecule has 1 aliphatic heterocycles. The summed E-state index contributed by atoms with van der Waals surface area (Å²) in [5.74, 6) is 2.00. The summed E-state index contributed by atoms with van der Waals surface area (Å²) in [6.45, 7) is 0. The summed E-state index contributed by atoms with van der Waals surface area (Å²) >= 11 is 0. The van der Waals surface area contributed by atoms with Crippen LogP contribution in [-0.4, -0.2) is 38.6 Å². The lowest BCUT2D eigenvalue weighted by Crippen LogP contribution is -2.21. The van der Waals surface area contributed by atoms with Gasteiger partial charge in [-0.2, -0.15) is 5.26 Å². The summed E-state index contributed by atoms with van der Waals surface area (Å²) in [4.78, 5) is 0. The third kappa shape index (κ3) is 3.32. The van der Waals surface area contributed by atoms with Crippen molar-refractivity contribution in [2.45, 2.75) is 5.92 Å². The van der Waals surface area contributed by atoms with Crippen LogP contribution in [0.25, 0.3) is 11.3 Å². The molecular formula is C23H22N4O5. The molecule has 9 heteroatoms. The number of nitrogens with one attached hydrogen (secondary N) is 1. The molecule has 0 spiro atoms. The number of aromatic nitrogens is 2. The van der Waals surface area contributed by atoms with Crippen molar-refractivity contribution in [3.05, 3.63) is 59.0 Å². The smallest absolute Gasteiger partial charge is 0.244 e. The topological polar surface area (TPSA) is 125 Å². The van der Waals surface area contributed by atoms with E-state index < -0.39 is 5.92 Å². The number of nitriles is 1. The Morgan fingerprint density at radius 2 is 1.62 bits per heavy atom. The molecule has 1 aliphatic rings. The average Bonchev–Trinajstić information content (AvgIpc) is 3.25. The Morgan fingerprint density at radius 3 is 2.25 bits per heavy atom. The van der Waals surface area contributed by atoms with Gasteiger partial charge < -0.3 is 29.4 Å². The van der Waals surface area contributed by atoms with Gasteiger partial charge in [-0.3, -0.25) is 5.10 Å². The highest BCUT2D eigenvalue weighted by Crippen LogP contribution is 2.50. The molecule has 0 amide bonds. The maximum absolute atomic E-state index is 9.98. The van der Waals surface area contributed by atoms with Crippen LogP contribution in [0.1, 0.15) is 17.0 Å². The first-order valence-electron chi connectivity index (χ1n) is 9.66. The summed E-state index contributed by atoms with van der Waals surface area (Å²) in [6, 6.07) is 13.0. The third-order valence-corrected chi connectivity index (χ3v) is 5.36. The number of allylic oxidation sites excluding steroid dienone is 1. The Labute approximate surface area is 184 Å². The van der Waals surface area contributed by atoms with Crippen molar-refractivity contribution in [1.29, 1.82) is 5.26 Å². The molecule has 1 atom stereocenters. The lowest BCUT2D eigenvalue weighted by atomic mass is 9.82. The molecule has 0 saturated heterocycles. The van der Waals surface area contributed by atoms with E-state index in [4.69, 9.17) is 29.4 Å². The van der Waals surface area contributed by atoms with Gasteiger partial charge in [-0.15, -0.1) is 5.10 Å². The summed E-state index contributed by atoms with van der Waals surface area (Å²) in [6.07, 6.45) is 0. The minimum atomic E-state index is -0.626. The average molecular weight is 434 g/mol. The number of ether oxygens (including phenoxy) is 5. The number of aromatic amines is 1. The standard InChI is InChI=1S/C23H22N4O5/c1-28-12-5-7-17(30-3)14(9-12)19-16(11-24)22(25)32-23-20(19)21(26-27-23)15-10-13(29-2)6-8-18(15)31-4/h5-10,19H,25H2,1-4H3,(H,26,27)/t19-/m0/s1. The number of methoxy groups -OCH3 is 4. The third-order valence-electron chi connectivity index (χ3n) is 5.36. The molecule has 0 fully saturated rings. The Bertz CT molecular complexity index is 1240. The van der Waals surface area contributed by atoms with Crippen LogP contribution >= 0.6 is 0 Å². The van der Waals surface area contributed by atoms with Gasteiger partial charge in [0.2, 0.25) is 11.8 Å². The van der Waals surface area contributed by atoms with Gasteiger partial charge in [0, 0.05) is 11.1 Å². The fourth-order valence-corrected chi connectivity index (χ4v) is 3.84. The van der Waals surface area contributed by atoms with Crippen molar-refractivity contribution < 1.29 is 23.7 Å². The number of rotatable bonds is 6. The normalized spacial score (nSPS) is 14.8. The Kier molecular flexibility index (Phi) is 5.52. The molecule has 3 aromatic rings. The first-order valence-corrected chi connectivity index (χ1v) is 9.66. The van der Waals surface area contributed by atoms with E-state index in [-0.39, 0.29) is 17.3 Å². The lowest BCUT2D eigenvalue weighted by molar-refractivity contribution is 0.373. The number of benzene rings is 2. The zero-order valence-corrected chi connectivity index (χ0v) is 18.1.